The second-order valence-corrected chi connectivity index (χ2v) is 10.8. The number of nitrogens with zero attached hydrogens (tertiary/aromatic N) is 2. The lowest BCUT2D eigenvalue weighted by atomic mass is 9.92. The highest BCUT2D eigenvalue weighted by molar-refractivity contribution is 5.83. The number of amides is 2. The molecule has 0 aromatic heterocycles. The van der Waals surface area contributed by atoms with Crippen molar-refractivity contribution in [2.45, 2.75) is 57.3 Å². The molecule has 186 valence electrons. The number of carbonyl (C=O) groups is 2. The fraction of sp³-hybridized carbons (Fsp3) is 0.481. The van der Waals surface area contributed by atoms with Gasteiger partial charge in [0.15, 0.2) is 0 Å². The van der Waals surface area contributed by atoms with Crippen LogP contribution in [0.3, 0.4) is 0 Å². The number of ether oxygens (including phenoxy) is 1. The van der Waals surface area contributed by atoms with Gasteiger partial charge in [-0.05, 0) is 80.0 Å². The third-order valence-electron chi connectivity index (χ3n) is 7.20. The topological polar surface area (TPSA) is 49.9 Å². The van der Waals surface area contributed by atoms with Crippen LogP contribution < -0.4 is 0 Å². The van der Waals surface area contributed by atoms with E-state index in [4.69, 9.17) is 4.74 Å². The summed E-state index contributed by atoms with van der Waals surface area (Å²) in [6.07, 6.45) is -3.01. The molecule has 5 rings (SSSR count). The maximum Gasteiger partial charge on any atom is 0.416 e. The summed E-state index contributed by atoms with van der Waals surface area (Å²) in [7, 11) is 0. The first-order valence-electron chi connectivity index (χ1n) is 12.0. The fourth-order valence-electron chi connectivity index (χ4n) is 5.42. The zero-order chi connectivity index (χ0) is 25.1. The summed E-state index contributed by atoms with van der Waals surface area (Å²) in [6.45, 7) is 6.83. The van der Waals surface area contributed by atoms with E-state index in [1.165, 1.54) is 17.7 Å². The van der Waals surface area contributed by atoms with Crippen LogP contribution in [0.2, 0.25) is 0 Å². The minimum absolute atomic E-state index is 0.0405. The lowest BCUT2D eigenvalue weighted by Crippen LogP contribution is -2.58. The molecule has 8 heteroatoms. The van der Waals surface area contributed by atoms with Gasteiger partial charge in [0.05, 0.1) is 17.5 Å². The van der Waals surface area contributed by atoms with Crippen LogP contribution in [0.25, 0.3) is 11.1 Å². The number of piperidine rings is 1. The van der Waals surface area contributed by atoms with Gasteiger partial charge < -0.3 is 14.5 Å². The maximum absolute atomic E-state index is 13.4. The molecule has 2 amide bonds. The van der Waals surface area contributed by atoms with E-state index in [-0.39, 0.29) is 17.9 Å². The predicted molar refractivity (Wildman–Crippen MR) is 125 cm³/mol. The third-order valence-corrected chi connectivity index (χ3v) is 7.20. The van der Waals surface area contributed by atoms with E-state index in [9.17, 15) is 22.8 Å². The molecule has 0 spiro atoms. The summed E-state index contributed by atoms with van der Waals surface area (Å²) in [5.74, 6) is 0.211. The Balaban J connectivity index is 1.31. The zero-order valence-electron chi connectivity index (χ0n) is 20.1. The Morgan fingerprint density at radius 3 is 2.23 bits per heavy atom. The first-order chi connectivity index (χ1) is 16.4. The molecule has 2 fully saturated rings. The van der Waals surface area contributed by atoms with Crippen LogP contribution in [-0.2, 0) is 15.7 Å². The Kier molecular flexibility index (Phi) is 5.61. The Labute approximate surface area is 202 Å². The molecular formula is C27H29F3N2O3. The van der Waals surface area contributed by atoms with Crippen LogP contribution in [0.4, 0.5) is 18.0 Å². The van der Waals surface area contributed by atoms with E-state index >= 15 is 0 Å². The summed E-state index contributed by atoms with van der Waals surface area (Å²) >= 11 is 0. The van der Waals surface area contributed by atoms with Gasteiger partial charge in [-0.1, -0.05) is 24.3 Å². The Morgan fingerprint density at radius 1 is 0.943 bits per heavy atom. The highest BCUT2D eigenvalue weighted by Crippen LogP contribution is 2.50. The van der Waals surface area contributed by atoms with E-state index in [1.807, 2.05) is 37.8 Å². The first-order valence-corrected chi connectivity index (χ1v) is 12.0. The SMILES string of the molecule is CC(C)(C)OC(=O)N1CC(C(=O)N2CC[C@@H]3C[C@H]2c2cc(-c4ccc(C(F)(F)F)cc4)ccc23)C1. The molecule has 5 nitrogen and oxygen atoms in total. The maximum atomic E-state index is 13.4. The van der Waals surface area contributed by atoms with Crippen LogP contribution in [0.1, 0.15) is 62.3 Å². The van der Waals surface area contributed by atoms with Gasteiger partial charge in [0, 0.05) is 19.6 Å². The average Bonchev–Trinajstić information content (AvgIpc) is 3.02. The van der Waals surface area contributed by atoms with E-state index < -0.39 is 23.4 Å². The van der Waals surface area contributed by atoms with E-state index in [0.717, 1.165) is 36.1 Å². The van der Waals surface area contributed by atoms with Crippen LogP contribution in [-0.4, -0.2) is 47.0 Å². The molecule has 0 radical (unpaired) electrons. The summed E-state index contributed by atoms with van der Waals surface area (Å²) in [4.78, 5) is 29.1. The fourth-order valence-corrected chi connectivity index (χ4v) is 5.42. The van der Waals surface area contributed by atoms with Gasteiger partial charge in [0.25, 0.3) is 0 Å². The molecule has 2 heterocycles. The summed E-state index contributed by atoms with van der Waals surface area (Å²) in [6, 6.07) is 11.2. The number of fused-ring (bicyclic) bond motifs is 5. The highest BCUT2D eigenvalue weighted by Gasteiger charge is 2.46. The highest BCUT2D eigenvalue weighted by atomic mass is 19.4. The monoisotopic (exact) mass is 486 g/mol. The number of alkyl halides is 3. The minimum atomic E-state index is -4.37. The molecule has 0 unspecified atom stereocenters. The van der Waals surface area contributed by atoms with Crippen LogP contribution in [0.15, 0.2) is 42.5 Å². The zero-order valence-corrected chi connectivity index (χ0v) is 20.1. The number of rotatable bonds is 2. The van der Waals surface area contributed by atoms with Crippen molar-refractivity contribution in [3.05, 3.63) is 59.2 Å². The predicted octanol–water partition coefficient (Wildman–Crippen LogP) is 6.00. The number of hydrogen-bond acceptors (Lipinski definition) is 3. The van der Waals surface area contributed by atoms with Gasteiger partial charge in [-0.25, -0.2) is 4.79 Å². The minimum Gasteiger partial charge on any atom is -0.444 e. The number of likely N-dealkylation sites (tertiary alicyclic amines) is 2. The molecule has 2 saturated heterocycles. The van der Waals surface area contributed by atoms with Gasteiger partial charge in [-0.3, -0.25) is 4.79 Å². The van der Waals surface area contributed by atoms with Crippen molar-refractivity contribution in [1.29, 1.82) is 0 Å². The van der Waals surface area contributed by atoms with Crippen molar-refractivity contribution in [2.24, 2.45) is 5.92 Å². The van der Waals surface area contributed by atoms with Gasteiger partial charge in [0.2, 0.25) is 5.91 Å². The van der Waals surface area contributed by atoms with Crippen molar-refractivity contribution >= 4 is 12.0 Å². The average molecular weight is 487 g/mol. The van der Waals surface area contributed by atoms with Gasteiger partial charge >= 0.3 is 12.3 Å². The number of halogens is 3. The molecule has 2 atom stereocenters. The second-order valence-electron chi connectivity index (χ2n) is 10.8. The molecule has 35 heavy (non-hydrogen) atoms. The standard InChI is InChI=1S/C27H29F3N2O3/c1-26(2,3)35-25(34)31-14-19(15-31)24(33)32-11-10-18-13-23(32)22-12-17(6-9-21(18)22)16-4-7-20(8-5-16)27(28,29)30/h4-9,12,18-19,23H,10-11,13-15H2,1-3H3/t18-,23+/m1/s1. The van der Waals surface area contributed by atoms with Crippen molar-refractivity contribution < 1.29 is 27.5 Å². The largest absolute Gasteiger partial charge is 0.444 e. The Bertz CT molecular complexity index is 1150. The van der Waals surface area contributed by atoms with E-state index in [2.05, 4.69) is 6.07 Å². The number of hydrogen-bond donors (Lipinski definition) is 0. The second kappa shape index (κ2) is 8.28. The van der Waals surface area contributed by atoms with Gasteiger partial charge in [0.1, 0.15) is 5.60 Å². The van der Waals surface area contributed by atoms with Gasteiger partial charge in [-0.2, -0.15) is 13.2 Å². The van der Waals surface area contributed by atoms with Gasteiger partial charge in [-0.15, -0.1) is 0 Å². The lowest BCUT2D eigenvalue weighted by molar-refractivity contribution is -0.144. The quantitative estimate of drug-likeness (QED) is 0.523. The number of benzene rings is 2. The van der Waals surface area contributed by atoms with E-state index in [1.54, 1.807) is 4.90 Å². The molecule has 0 saturated carbocycles. The van der Waals surface area contributed by atoms with Crippen LogP contribution >= 0.6 is 0 Å². The molecule has 2 aliphatic heterocycles. The summed E-state index contributed by atoms with van der Waals surface area (Å²) in [5, 5.41) is 0. The molecular weight excluding hydrogens is 457 g/mol. The third kappa shape index (κ3) is 4.50. The Hall–Kier alpha value is -3.03. The normalized spacial score (nSPS) is 22.0. The molecule has 0 N–H and O–H groups in total. The summed E-state index contributed by atoms with van der Waals surface area (Å²) in [5.41, 5.74) is 2.62. The lowest BCUT2D eigenvalue weighted by Gasteiger charge is -2.43. The molecule has 1 aliphatic carbocycles. The number of carbonyl (C=O) groups excluding carboxylic acids is 2. The van der Waals surface area contributed by atoms with Crippen LogP contribution in [0.5, 0.6) is 0 Å². The molecule has 3 aliphatic rings. The molecule has 2 aromatic carbocycles. The summed E-state index contributed by atoms with van der Waals surface area (Å²) < 4.78 is 44.2. The first kappa shape index (κ1) is 23.7. The van der Waals surface area contributed by atoms with Crippen molar-refractivity contribution in [2.75, 3.05) is 19.6 Å². The van der Waals surface area contributed by atoms with Crippen molar-refractivity contribution in [3.63, 3.8) is 0 Å². The van der Waals surface area contributed by atoms with Crippen LogP contribution in [0, 0.1) is 5.92 Å². The van der Waals surface area contributed by atoms with E-state index in [0.29, 0.717) is 31.1 Å². The smallest absolute Gasteiger partial charge is 0.416 e. The molecule has 2 bridgehead atoms. The Morgan fingerprint density at radius 2 is 1.60 bits per heavy atom. The van der Waals surface area contributed by atoms with Crippen molar-refractivity contribution in [1.82, 2.24) is 9.80 Å². The molecule has 2 aromatic rings. The van der Waals surface area contributed by atoms with Crippen molar-refractivity contribution in [3.8, 4) is 11.1 Å².